The van der Waals surface area contributed by atoms with E-state index in [1.165, 1.54) is 19.3 Å². The molecule has 0 aliphatic heterocycles. The zero-order valence-corrected chi connectivity index (χ0v) is 13.3. The Bertz CT molecular complexity index is 265. The Hall–Kier alpha value is -0.290. The Morgan fingerprint density at radius 2 is 1.81 bits per heavy atom. The number of ether oxygens (including phenoxy) is 1. The lowest BCUT2D eigenvalue weighted by atomic mass is 9.81. The van der Waals surface area contributed by atoms with E-state index in [4.69, 9.17) is 4.74 Å². The number of hydrogen-bond acceptors (Lipinski definition) is 2. The van der Waals surface area contributed by atoms with Crippen molar-refractivity contribution in [3.05, 3.63) is 0 Å². The Morgan fingerprint density at radius 1 is 1.14 bits per heavy atom. The van der Waals surface area contributed by atoms with Crippen molar-refractivity contribution in [2.24, 2.45) is 5.92 Å². The van der Waals surface area contributed by atoms with E-state index in [-0.39, 0.29) is 18.6 Å². The summed E-state index contributed by atoms with van der Waals surface area (Å²) in [5.74, 6) is 0.404. The van der Waals surface area contributed by atoms with Crippen LogP contribution >= 0.6 is 0 Å². The molecule has 1 saturated carbocycles. The summed E-state index contributed by atoms with van der Waals surface area (Å²) >= 11 is 0. The summed E-state index contributed by atoms with van der Waals surface area (Å²) in [7, 11) is 0. The first kappa shape index (κ1) is 18.8. The van der Waals surface area contributed by atoms with E-state index < -0.39 is 12.6 Å². The standard InChI is InChI=1S/C16H30F3NO/c1-3-12-20-14(10-11-16(17,18)19)15(21-4-2)13-8-6-5-7-9-13/h13-15,20H,3-12H2,1-2H3. The largest absolute Gasteiger partial charge is 0.389 e. The van der Waals surface area contributed by atoms with Crippen LogP contribution in [0.2, 0.25) is 0 Å². The average molecular weight is 309 g/mol. The first-order valence-corrected chi connectivity index (χ1v) is 8.39. The predicted octanol–water partition coefficient (Wildman–Crippen LogP) is 4.68. The normalized spacial score (nSPS) is 20.4. The molecule has 1 fully saturated rings. The van der Waals surface area contributed by atoms with E-state index in [1.54, 1.807) is 0 Å². The zero-order chi connectivity index (χ0) is 15.7. The highest BCUT2D eigenvalue weighted by Crippen LogP contribution is 2.32. The molecule has 0 amide bonds. The van der Waals surface area contributed by atoms with Crippen LogP contribution in [0.5, 0.6) is 0 Å². The van der Waals surface area contributed by atoms with Crippen LogP contribution in [0.25, 0.3) is 0 Å². The molecular weight excluding hydrogens is 279 g/mol. The highest BCUT2D eigenvalue weighted by molar-refractivity contribution is 4.85. The zero-order valence-electron chi connectivity index (χ0n) is 13.3. The van der Waals surface area contributed by atoms with Gasteiger partial charge >= 0.3 is 6.18 Å². The summed E-state index contributed by atoms with van der Waals surface area (Å²) in [6.45, 7) is 5.27. The average Bonchev–Trinajstić information content (AvgIpc) is 2.45. The van der Waals surface area contributed by atoms with E-state index in [0.717, 1.165) is 25.8 Å². The van der Waals surface area contributed by atoms with Gasteiger partial charge in [-0.3, -0.25) is 0 Å². The number of nitrogens with one attached hydrogen (secondary N) is 1. The van der Waals surface area contributed by atoms with Gasteiger partial charge in [-0.2, -0.15) is 13.2 Å². The van der Waals surface area contributed by atoms with Crippen LogP contribution < -0.4 is 5.32 Å². The number of rotatable bonds is 9. The second-order valence-electron chi connectivity index (χ2n) is 6.03. The van der Waals surface area contributed by atoms with Crippen molar-refractivity contribution in [2.75, 3.05) is 13.2 Å². The van der Waals surface area contributed by atoms with Crippen LogP contribution in [-0.2, 0) is 4.74 Å². The van der Waals surface area contributed by atoms with E-state index in [1.807, 2.05) is 13.8 Å². The molecule has 1 aliphatic rings. The molecule has 5 heteroatoms. The molecule has 21 heavy (non-hydrogen) atoms. The Kier molecular flexibility index (Phi) is 8.64. The minimum Gasteiger partial charge on any atom is -0.377 e. The molecule has 2 nitrogen and oxygen atoms in total. The van der Waals surface area contributed by atoms with Gasteiger partial charge < -0.3 is 10.1 Å². The van der Waals surface area contributed by atoms with E-state index in [9.17, 15) is 13.2 Å². The molecule has 1 aliphatic carbocycles. The maximum atomic E-state index is 12.6. The van der Waals surface area contributed by atoms with Gasteiger partial charge in [-0.1, -0.05) is 26.2 Å². The van der Waals surface area contributed by atoms with E-state index in [2.05, 4.69) is 5.32 Å². The lowest BCUT2D eigenvalue weighted by Gasteiger charge is -2.36. The second kappa shape index (κ2) is 9.67. The maximum absolute atomic E-state index is 12.6. The number of hydrogen-bond donors (Lipinski definition) is 1. The Morgan fingerprint density at radius 3 is 2.33 bits per heavy atom. The van der Waals surface area contributed by atoms with Crippen LogP contribution in [0.3, 0.4) is 0 Å². The molecule has 0 bridgehead atoms. The fourth-order valence-corrected chi connectivity index (χ4v) is 3.27. The van der Waals surface area contributed by atoms with Crippen molar-refractivity contribution in [3.63, 3.8) is 0 Å². The van der Waals surface area contributed by atoms with Gasteiger partial charge in [0.05, 0.1) is 6.10 Å². The van der Waals surface area contributed by atoms with Crippen molar-refractivity contribution in [1.29, 1.82) is 0 Å². The van der Waals surface area contributed by atoms with Crippen molar-refractivity contribution in [2.45, 2.75) is 83.5 Å². The summed E-state index contributed by atoms with van der Waals surface area (Å²) in [6.07, 6.45) is 1.90. The van der Waals surface area contributed by atoms with Crippen LogP contribution in [0.1, 0.15) is 65.2 Å². The van der Waals surface area contributed by atoms with Gasteiger partial charge in [-0.15, -0.1) is 0 Å². The van der Waals surface area contributed by atoms with Crippen molar-refractivity contribution < 1.29 is 17.9 Å². The molecule has 0 saturated heterocycles. The third-order valence-electron chi connectivity index (χ3n) is 4.27. The quantitative estimate of drug-likeness (QED) is 0.667. The van der Waals surface area contributed by atoms with Gasteiger partial charge in [0.2, 0.25) is 0 Å². The highest BCUT2D eigenvalue weighted by atomic mass is 19.4. The fourth-order valence-electron chi connectivity index (χ4n) is 3.27. The van der Waals surface area contributed by atoms with Crippen molar-refractivity contribution in [1.82, 2.24) is 5.32 Å². The summed E-state index contributed by atoms with van der Waals surface area (Å²) in [4.78, 5) is 0. The lowest BCUT2D eigenvalue weighted by Crippen LogP contribution is -2.47. The van der Waals surface area contributed by atoms with E-state index in [0.29, 0.717) is 12.5 Å². The van der Waals surface area contributed by atoms with Gasteiger partial charge in [0, 0.05) is 19.1 Å². The number of halogens is 3. The molecule has 0 aromatic heterocycles. The van der Waals surface area contributed by atoms with Gasteiger partial charge in [0.25, 0.3) is 0 Å². The SMILES string of the molecule is CCCNC(CCC(F)(F)F)C(OCC)C1CCCCC1. The summed E-state index contributed by atoms with van der Waals surface area (Å²) in [5, 5.41) is 3.30. The monoisotopic (exact) mass is 309 g/mol. The number of alkyl halides is 3. The van der Waals surface area contributed by atoms with Crippen molar-refractivity contribution in [3.8, 4) is 0 Å². The molecule has 0 spiro atoms. The van der Waals surface area contributed by atoms with Crippen molar-refractivity contribution >= 4 is 0 Å². The molecule has 2 unspecified atom stereocenters. The Balaban J connectivity index is 2.67. The van der Waals surface area contributed by atoms with Crippen LogP contribution in [0.4, 0.5) is 13.2 Å². The predicted molar refractivity (Wildman–Crippen MR) is 79.4 cm³/mol. The van der Waals surface area contributed by atoms with Crippen LogP contribution in [-0.4, -0.2) is 31.5 Å². The third-order valence-corrected chi connectivity index (χ3v) is 4.27. The molecule has 2 atom stereocenters. The molecule has 0 aromatic carbocycles. The minimum atomic E-state index is -4.09. The molecule has 0 aromatic rings. The van der Waals surface area contributed by atoms with Gasteiger partial charge in [-0.25, -0.2) is 0 Å². The first-order chi connectivity index (χ1) is 9.98. The summed E-state index contributed by atoms with van der Waals surface area (Å²) in [6, 6.07) is -0.186. The highest BCUT2D eigenvalue weighted by Gasteiger charge is 2.34. The topological polar surface area (TPSA) is 21.3 Å². The maximum Gasteiger partial charge on any atom is 0.389 e. The third kappa shape index (κ3) is 7.50. The first-order valence-electron chi connectivity index (χ1n) is 8.39. The fraction of sp³-hybridized carbons (Fsp3) is 1.00. The minimum absolute atomic E-state index is 0.0794. The second-order valence-corrected chi connectivity index (χ2v) is 6.03. The molecule has 0 radical (unpaired) electrons. The molecule has 126 valence electrons. The van der Waals surface area contributed by atoms with Crippen LogP contribution in [0, 0.1) is 5.92 Å². The van der Waals surface area contributed by atoms with Gasteiger partial charge in [0.1, 0.15) is 0 Å². The Labute approximate surface area is 126 Å². The summed E-state index contributed by atoms with van der Waals surface area (Å²) < 4.78 is 43.6. The molecule has 1 rings (SSSR count). The van der Waals surface area contributed by atoms with Crippen LogP contribution in [0.15, 0.2) is 0 Å². The molecule has 1 N–H and O–H groups in total. The van der Waals surface area contributed by atoms with Gasteiger partial charge in [-0.05, 0) is 45.1 Å². The summed E-state index contributed by atoms with van der Waals surface area (Å²) in [5.41, 5.74) is 0. The molecular formula is C16H30F3NO. The smallest absolute Gasteiger partial charge is 0.377 e. The lowest BCUT2D eigenvalue weighted by molar-refractivity contribution is -0.139. The van der Waals surface area contributed by atoms with E-state index >= 15 is 0 Å². The van der Waals surface area contributed by atoms with Gasteiger partial charge in [0.15, 0.2) is 0 Å². The molecule has 0 heterocycles.